The first-order chi connectivity index (χ1) is 11.2. The van der Waals surface area contributed by atoms with Crippen molar-refractivity contribution in [1.82, 2.24) is 4.72 Å². The third-order valence-electron chi connectivity index (χ3n) is 3.09. The molecular formula is C14H17ClF2N2O4S2. The minimum atomic E-state index is -4.11. The van der Waals surface area contributed by atoms with E-state index in [9.17, 15) is 22.0 Å². The molecule has 0 saturated carbocycles. The molecule has 11 heteroatoms. The maximum absolute atomic E-state index is 13.1. The Morgan fingerprint density at radius 1 is 1.36 bits per heavy atom. The zero-order chi connectivity index (χ0) is 18.0. The monoisotopic (exact) mass is 414 g/mol. The summed E-state index contributed by atoms with van der Waals surface area (Å²) in [4.78, 5) is 11.9. The van der Waals surface area contributed by atoms with Gasteiger partial charge in [-0.15, -0.1) is 23.7 Å². The van der Waals surface area contributed by atoms with Gasteiger partial charge in [0.1, 0.15) is 4.88 Å². The van der Waals surface area contributed by atoms with E-state index in [4.69, 9.17) is 10.5 Å². The molecule has 0 unspecified atom stereocenters. The van der Waals surface area contributed by atoms with Crippen LogP contribution in [0.4, 0.5) is 8.78 Å². The van der Waals surface area contributed by atoms with Gasteiger partial charge in [0.25, 0.3) is 5.92 Å². The van der Waals surface area contributed by atoms with Gasteiger partial charge in [-0.1, -0.05) is 0 Å². The van der Waals surface area contributed by atoms with Gasteiger partial charge in [-0.05, 0) is 36.6 Å². The maximum atomic E-state index is 13.1. The van der Waals surface area contributed by atoms with Crippen molar-refractivity contribution in [2.75, 3.05) is 19.7 Å². The van der Waals surface area contributed by atoms with Crippen LogP contribution >= 0.6 is 23.7 Å². The van der Waals surface area contributed by atoms with Crippen LogP contribution in [0.1, 0.15) is 16.6 Å². The van der Waals surface area contributed by atoms with Crippen LogP contribution in [0.15, 0.2) is 29.2 Å². The lowest BCUT2D eigenvalue weighted by Gasteiger charge is -2.14. The van der Waals surface area contributed by atoms with E-state index < -0.39 is 35.0 Å². The number of ether oxygens (including phenoxy) is 1. The van der Waals surface area contributed by atoms with Crippen LogP contribution in [0.3, 0.4) is 0 Å². The molecule has 6 nitrogen and oxygen atoms in total. The Hall–Kier alpha value is -1.33. The van der Waals surface area contributed by atoms with Crippen LogP contribution in [0.5, 0.6) is 0 Å². The number of halogens is 3. The second-order valence-electron chi connectivity index (χ2n) is 4.92. The number of benzene rings is 1. The Bertz CT molecular complexity index is 856. The second-order valence-corrected chi connectivity index (χ2v) is 7.77. The highest BCUT2D eigenvalue weighted by atomic mass is 35.5. The number of carbonyl (C=O) groups is 1. The average molecular weight is 415 g/mol. The number of hydrogen-bond donors (Lipinski definition) is 2. The van der Waals surface area contributed by atoms with Crippen molar-refractivity contribution >= 4 is 49.8 Å². The number of sulfonamides is 1. The molecule has 3 N–H and O–H groups in total. The normalized spacial score (nSPS) is 12.0. The number of hydrogen-bond acceptors (Lipinski definition) is 6. The third kappa shape index (κ3) is 5.32. The fraction of sp³-hybridized carbons (Fsp3) is 0.357. The predicted molar refractivity (Wildman–Crippen MR) is 94.2 cm³/mol. The van der Waals surface area contributed by atoms with Gasteiger partial charge in [0.15, 0.2) is 0 Å². The first-order valence-electron chi connectivity index (χ1n) is 6.97. The van der Waals surface area contributed by atoms with Gasteiger partial charge in [-0.2, -0.15) is 0 Å². The number of thiophene rings is 1. The van der Waals surface area contributed by atoms with E-state index in [2.05, 4.69) is 0 Å². The first-order valence-corrected chi connectivity index (χ1v) is 9.27. The van der Waals surface area contributed by atoms with Crippen molar-refractivity contribution in [3.63, 3.8) is 0 Å². The minimum Gasteiger partial charge on any atom is -0.462 e. The first kappa shape index (κ1) is 21.7. The molecular weight excluding hydrogens is 398 g/mol. The standard InChI is InChI=1S/C14H16F2N2O4S2.ClH/c1-2-22-13(19)12-6-9-5-10(3-4-11(9)23-12)24(20,21)18-8-14(15,16)7-17;/h3-6,18H,2,7-8,17H2,1H3;1H. The Balaban J connectivity index is 0.00000312. The van der Waals surface area contributed by atoms with Crippen molar-refractivity contribution in [3.8, 4) is 0 Å². The second kappa shape index (κ2) is 8.37. The van der Waals surface area contributed by atoms with Gasteiger partial charge in [-0.3, -0.25) is 0 Å². The summed E-state index contributed by atoms with van der Waals surface area (Å²) in [6, 6.07) is 5.62. The van der Waals surface area contributed by atoms with Crippen LogP contribution in [0.2, 0.25) is 0 Å². The number of nitrogens with two attached hydrogens (primary N) is 1. The summed E-state index contributed by atoms with van der Waals surface area (Å²) in [5, 5.41) is 0.511. The number of carbonyl (C=O) groups excluding carboxylic acids is 1. The number of rotatable bonds is 7. The van der Waals surface area contributed by atoms with Gasteiger partial charge in [0.05, 0.1) is 24.6 Å². The molecule has 0 aliphatic rings. The van der Waals surface area contributed by atoms with Gasteiger partial charge < -0.3 is 10.5 Å². The molecule has 0 radical (unpaired) electrons. The summed E-state index contributed by atoms with van der Waals surface area (Å²) >= 11 is 1.16. The molecule has 0 spiro atoms. The summed E-state index contributed by atoms with van der Waals surface area (Å²) in [6.07, 6.45) is 0. The Labute approximate surface area is 153 Å². The fourth-order valence-corrected chi connectivity index (χ4v) is 3.88. The molecule has 140 valence electrons. The molecule has 0 aliphatic heterocycles. The van der Waals surface area contributed by atoms with Crippen LogP contribution in [0.25, 0.3) is 10.1 Å². The lowest BCUT2D eigenvalue weighted by Crippen LogP contribution is -2.41. The van der Waals surface area contributed by atoms with Gasteiger partial charge in [-0.25, -0.2) is 26.7 Å². The zero-order valence-corrected chi connectivity index (χ0v) is 15.6. The molecule has 0 aliphatic carbocycles. The number of fused-ring (bicyclic) bond motifs is 1. The molecule has 1 heterocycles. The highest BCUT2D eigenvalue weighted by Gasteiger charge is 2.29. The van der Waals surface area contributed by atoms with E-state index in [1.807, 2.05) is 4.72 Å². The summed E-state index contributed by atoms with van der Waals surface area (Å²) < 4.78 is 57.9. The van der Waals surface area contributed by atoms with Crippen molar-refractivity contribution in [3.05, 3.63) is 29.1 Å². The molecule has 25 heavy (non-hydrogen) atoms. The predicted octanol–water partition coefficient (Wildman–Crippen LogP) is 2.37. The molecule has 2 aromatic rings. The number of alkyl halides is 2. The number of nitrogens with one attached hydrogen (secondary N) is 1. The van der Waals surface area contributed by atoms with Gasteiger partial charge >= 0.3 is 5.97 Å². The number of esters is 1. The van der Waals surface area contributed by atoms with Crippen LogP contribution in [0, 0.1) is 0 Å². The van der Waals surface area contributed by atoms with Crippen LogP contribution in [-0.2, 0) is 14.8 Å². The molecule has 0 amide bonds. The summed E-state index contributed by atoms with van der Waals surface area (Å²) in [6.45, 7) is -0.131. The van der Waals surface area contributed by atoms with Gasteiger partial charge in [0, 0.05) is 4.70 Å². The summed E-state index contributed by atoms with van der Waals surface area (Å²) in [5.74, 6) is -3.82. The van der Waals surface area contributed by atoms with E-state index in [0.717, 1.165) is 11.3 Å². The van der Waals surface area contributed by atoms with Crippen molar-refractivity contribution < 1.29 is 26.7 Å². The topological polar surface area (TPSA) is 98.5 Å². The summed E-state index contributed by atoms with van der Waals surface area (Å²) in [7, 11) is -4.11. The van der Waals surface area contributed by atoms with E-state index in [1.54, 1.807) is 6.92 Å². The molecule has 0 bridgehead atoms. The minimum absolute atomic E-state index is 0. The molecule has 2 rings (SSSR count). The molecule has 1 aromatic heterocycles. The van der Waals surface area contributed by atoms with Crippen molar-refractivity contribution in [1.29, 1.82) is 0 Å². The van der Waals surface area contributed by atoms with E-state index in [0.29, 0.717) is 15.0 Å². The fourth-order valence-electron chi connectivity index (χ4n) is 1.85. The molecule has 1 aromatic carbocycles. The molecule has 0 atom stereocenters. The lowest BCUT2D eigenvalue weighted by molar-refractivity contribution is 0.0170. The smallest absolute Gasteiger partial charge is 0.348 e. The Morgan fingerprint density at radius 2 is 2.04 bits per heavy atom. The maximum Gasteiger partial charge on any atom is 0.348 e. The van der Waals surface area contributed by atoms with Crippen molar-refractivity contribution in [2.45, 2.75) is 17.7 Å². The lowest BCUT2D eigenvalue weighted by atomic mass is 10.2. The van der Waals surface area contributed by atoms with Crippen molar-refractivity contribution in [2.24, 2.45) is 5.73 Å². The van der Waals surface area contributed by atoms with Gasteiger partial charge in [0.2, 0.25) is 10.0 Å². The zero-order valence-electron chi connectivity index (χ0n) is 13.1. The molecule has 0 saturated heterocycles. The summed E-state index contributed by atoms with van der Waals surface area (Å²) in [5.41, 5.74) is 4.88. The quantitative estimate of drug-likeness (QED) is 0.678. The SMILES string of the molecule is CCOC(=O)c1cc2cc(S(=O)(=O)NCC(F)(F)CN)ccc2s1.Cl. The molecule has 0 fully saturated rings. The Kier molecular flexibility index (Phi) is 7.27. The third-order valence-corrected chi connectivity index (χ3v) is 5.59. The van der Waals surface area contributed by atoms with E-state index in [1.165, 1.54) is 24.3 Å². The Morgan fingerprint density at radius 3 is 2.64 bits per heavy atom. The van der Waals surface area contributed by atoms with E-state index >= 15 is 0 Å². The average Bonchev–Trinajstić information content (AvgIpc) is 2.97. The van der Waals surface area contributed by atoms with E-state index in [-0.39, 0.29) is 23.9 Å². The van der Waals surface area contributed by atoms with Crippen LogP contribution < -0.4 is 10.5 Å². The largest absolute Gasteiger partial charge is 0.462 e. The van der Waals surface area contributed by atoms with Crippen LogP contribution in [-0.4, -0.2) is 40.0 Å². The highest BCUT2D eigenvalue weighted by Crippen LogP contribution is 2.28. The highest BCUT2D eigenvalue weighted by molar-refractivity contribution is 7.89.